The maximum absolute atomic E-state index is 12.9. The van der Waals surface area contributed by atoms with E-state index in [9.17, 15) is 9.59 Å². The molecule has 2 aromatic rings. The second kappa shape index (κ2) is 9.21. The summed E-state index contributed by atoms with van der Waals surface area (Å²) in [5.41, 5.74) is 3.39. The van der Waals surface area contributed by atoms with Crippen LogP contribution in [0.4, 0.5) is 16.2 Å². The zero-order chi connectivity index (χ0) is 20.0. The fraction of sp³-hybridized carbons (Fsp3) is 0.364. The normalized spacial score (nSPS) is 10.8. The molecule has 0 aliphatic carbocycles. The first-order valence-corrected chi connectivity index (χ1v) is 9.31. The van der Waals surface area contributed by atoms with E-state index < -0.39 is 0 Å². The van der Waals surface area contributed by atoms with Crippen LogP contribution in [0, 0.1) is 12.8 Å². The molecular formula is C22H29N3O2. The number of hydrogen-bond donors (Lipinski definition) is 2. The van der Waals surface area contributed by atoms with E-state index in [0.29, 0.717) is 17.9 Å². The Kier molecular flexibility index (Phi) is 6.99. The van der Waals surface area contributed by atoms with Crippen molar-refractivity contribution < 1.29 is 9.59 Å². The molecule has 0 aliphatic rings. The fourth-order valence-corrected chi connectivity index (χ4v) is 2.58. The Bertz CT molecular complexity index is 785. The molecule has 5 heteroatoms. The van der Waals surface area contributed by atoms with E-state index in [4.69, 9.17) is 0 Å². The van der Waals surface area contributed by atoms with Gasteiger partial charge in [-0.05, 0) is 44.0 Å². The van der Waals surface area contributed by atoms with E-state index in [1.807, 2.05) is 77.1 Å². The van der Waals surface area contributed by atoms with Gasteiger partial charge in [0.05, 0.1) is 0 Å². The molecule has 0 atom stereocenters. The van der Waals surface area contributed by atoms with Crippen molar-refractivity contribution in [3.63, 3.8) is 0 Å². The summed E-state index contributed by atoms with van der Waals surface area (Å²) < 4.78 is 0. The lowest BCUT2D eigenvalue weighted by atomic mass is 10.1. The highest BCUT2D eigenvalue weighted by Gasteiger charge is 2.18. The van der Waals surface area contributed by atoms with E-state index in [1.54, 1.807) is 11.0 Å². The Morgan fingerprint density at radius 1 is 0.963 bits per heavy atom. The summed E-state index contributed by atoms with van der Waals surface area (Å²) in [6, 6.07) is 15.3. The molecule has 0 fully saturated rings. The molecule has 0 heterocycles. The first-order valence-electron chi connectivity index (χ1n) is 9.31. The number of nitrogens with zero attached hydrogens (tertiary/aromatic N) is 1. The van der Waals surface area contributed by atoms with E-state index in [2.05, 4.69) is 10.6 Å². The van der Waals surface area contributed by atoms with Gasteiger partial charge in [-0.25, -0.2) is 4.79 Å². The molecule has 2 aromatic carbocycles. The second-order valence-corrected chi connectivity index (χ2v) is 7.31. The number of hydrogen-bond acceptors (Lipinski definition) is 2. The third-order valence-electron chi connectivity index (χ3n) is 4.35. The monoisotopic (exact) mass is 367 g/mol. The minimum Gasteiger partial charge on any atom is -0.326 e. The van der Waals surface area contributed by atoms with Gasteiger partial charge in [-0.2, -0.15) is 0 Å². The van der Waals surface area contributed by atoms with Crippen molar-refractivity contribution in [2.24, 2.45) is 5.92 Å². The van der Waals surface area contributed by atoms with Gasteiger partial charge in [-0.15, -0.1) is 0 Å². The maximum atomic E-state index is 12.9. The molecule has 2 N–H and O–H groups in total. The first-order chi connectivity index (χ1) is 12.8. The van der Waals surface area contributed by atoms with Crippen LogP contribution >= 0.6 is 0 Å². The zero-order valence-corrected chi connectivity index (χ0v) is 16.7. The standard InChI is InChI=1S/C22H29N3O2/c1-15(2)21(26)23-19-12-11-17(5)20(13-19)24-22(27)25(16(3)4)14-18-9-7-6-8-10-18/h6-13,15-16H,14H2,1-5H3,(H,23,26)(H,24,27). The Hall–Kier alpha value is -2.82. The molecule has 0 saturated carbocycles. The average molecular weight is 367 g/mol. The van der Waals surface area contributed by atoms with Gasteiger partial charge >= 0.3 is 6.03 Å². The van der Waals surface area contributed by atoms with Gasteiger partial charge in [0.2, 0.25) is 5.91 Å². The lowest BCUT2D eigenvalue weighted by Crippen LogP contribution is -2.39. The summed E-state index contributed by atoms with van der Waals surface area (Å²) in [6.07, 6.45) is 0. The third-order valence-corrected chi connectivity index (χ3v) is 4.35. The first kappa shape index (κ1) is 20.5. The molecule has 5 nitrogen and oxygen atoms in total. The van der Waals surface area contributed by atoms with Crippen molar-refractivity contribution in [3.05, 3.63) is 59.7 Å². The highest BCUT2D eigenvalue weighted by atomic mass is 16.2. The molecule has 0 radical (unpaired) electrons. The number of nitrogens with one attached hydrogen (secondary N) is 2. The summed E-state index contributed by atoms with van der Waals surface area (Å²) in [5, 5.41) is 5.86. The number of anilines is 2. The topological polar surface area (TPSA) is 61.4 Å². The molecule has 3 amide bonds. The molecule has 2 rings (SSSR count). The molecule has 27 heavy (non-hydrogen) atoms. The highest BCUT2D eigenvalue weighted by Crippen LogP contribution is 2.22. The third kappa shape index (κ3) is 5.84. The van der Waals surface area contributed by atoms with Crippen molar-refractivity contribution in [3.8, 4) is 0 Å². The van der Waals surface area contributed by atoms with Crippen LogP contribution in [0.15, 0.2) is 48.5 Å². The quantitative estimate of drug-likeness (QED) is 0.752. The summed E-state index contributed by atoms with van der Waals surface area (Å²) >= 11 is 0. The van der Waals surface area contributed by atoms with Gasteiger partial charge in [0.25, 0.3) is 0 Å². The van der Waals surface area contributed by atoms with Crippen molar-refractivity contribution >= 4 is 23.3 Å². The van der Waals surface area contributed by atoms with Crippen LogP contribution in [-0.4, -0.2) is 22.9 Å². The van der Waals surface area contributed by atoms with Crippen molar-refractivity contribution in [2.75, 3.05) is 10.6 Å². The lowest BCUT2D eigenvalue weighted by Gasteiger charge is -2.27. The fourth-order valence-electron chi connectivity index (χ4n) is 2.58. The summed E-state index contributed by atoms with van der Waals surface area (Å²) in [6.45, 7) is 10.1. The minimum absolute atomic E-state index is 0.0503. The van der Waals surface area contributed by atoms with Crippen molar-refractivity contribution in [2.45, 2.75) is 47.2 Å². The van der Waals surface area contributed by atoms with Crippen LogP contribution in [0.5, 0.6) is 0 Å². The number of amides is 3. The van der Waals surface area contributed by atoms with Crippen LogP contribution in [0.25, 0.3) is 0 Å². The maximum Gasteiger partial charge on any atom is 0.322 e. The number of carbonyl (C=O) groups is 2. The number of urea groups is 1. The van der Waals surface area contributed by atoms with Crippen LogP contribution in [0.2, 0.25) is 0 Å². The molecule has 0 saturated heterocycles. The average Bonchev–Trinajstić information content (AvgIpc) is 2.62. The van der Waals surface area contributed by atoms with Gasteiger partial charge in [0.1, 0.15) is 0 Å². The number of rotatable bonds is 6. The smallest absolute Gasteiger partial charge is 0.322 e. The largest absolute Gasteiger partial charge is 0.326 e. The SMILES string of the molecule is Cc1ccc(NC(=O)C(C)C)cc1NC(=O)N(Cc1ccccc1)C(C)C. The predicted octanol–water partition coefficient (Wildman–Crippen LogP) is 5.03. The molecule has 0 aliphatic heterocycles. The number of benzene rings is 2. The summed E-state index contributed by atoms with van der Waals surface area (Å²) in [5.74, 6) is -0.157. The van der Waals surface area contributed by atoms with Crippen LogP contribution in [-0.2, 0) is 11.3 Å². The molecule has 0 unspecified atom stereocenters. The Morgan fingerprint density at radius 2 is 1.63 bits per heavy atom. The molecule has 0 spiro atoms. The number of aryl methyl sites for hydroxylation is 1. The molecule has 144 valence electrons. The molecule has 0 aromatic heterocycles. The van der Waals surface area contributed by atoms with E-state index >= 15 is 0 Å². The van der Waals surface area contributed by atoms with Gasteiger partial charge in [0, 0.05) is 29.9 Å². The van der Waals surface area contributed by atoms with E-state index in [0.717, 1.165) is 11.1 Å². The van der Waals surface area contributed by atoms with Gasteiger partial charge < -0.3 is 15.5 Å². The minimum atomic E-state index is -0.163. The van der Waals surface area contributed by atoms with Crippen molar-refractivity contribution in [1.82, 2.24) is 4.90 Å². The molecule has 0 bridgehead atoms. The van der Waals surface area contributed by atoms with Crippen LogP contribution in [0.1, 0.15) is 38.8 Å². The Morgan fingerprint density at radius 3 is 2.22 bits per heavy atom. The Labute approximate surface area is 161 Å². The highest BCUT2D eigenvalue weighted by molar-refractivity contribution is 5.95. The second-order valence-electron chi connectivity index (χ2n) is 7.31. The van der Waals surface area contributed by atoms with E-state index in [-0.39, 0.29) is 23.9 Å². The van der Waals surface area contributed by atoms with Gasteiger partial charge in [-0.1, -0.05) is 50.2 Å². The summed E-state index contributed by atoms with van der Waals surface area (Å²) in [7, 11) is 0. The molecular weight excluding hydrogens is 338 g/mol. The number of carbonyl (C=O) groups excluding carboxylic acids is 2. The predicted molar refractivity (Wildman–Crippen MR) is 111 cm³/mol. The van der Waals surface area contributed by atoms with Crippen LogP contribution in [0.3, 0.4) is 0 Å². The Balaban J connectivity index is 2.15. The zero-order valence-electron chi connectivity index (χ0n) is 16.7. The summed E-state index contributed by atoms with van der Waals surface area (Å²) in [4.78, 5) is 26.6. The van der Waals surface area contributed by atoms with Gasteiger partial charge in [0.15, 0.2) is 0 Å². The van der Waals surface area contributed by atoms with Gasteiger partial charge in [-0.3, -0.25) is 4.79 Å². The lowest BCUT2D eigenvalue weighted by molar-refractivity contribution is -0.118. The van der Waals surface area contributed by atoms with Crippen LogP contribution < -0.4 is 10.6 Å². The van der Waals surface area contributed by atoms with E-state index in [1.165, 1.54) is 0 Å². The van der Waals surface area contributed by atoms with Crippen molar-refractivity contribution in [1.29, 1.82) is 0 Å².